The summed E-state index contributed by atoms with van der Waals surface area (Å²) in [7, 11) is 1.57. The molecule has 11 heteroatoms. The van der Waals surface area contributed by atoms with Crippen LogP contribution in [0.4, 0.5) is 21.6 Å². The summed E-state index contributed by atoms with van der Waals surface area (Å²) >= 11 is 3.09. The second-order valence-electron chi connectivity index (χ2n) is 5.63. The van der Waals surface area contributed by atoms with Gasteiger partial charge in [-0.2, -0.15) is 0 Å². The lowest BCUT2D eigenvalue weighted by Gasteiger charge is -2.11. The van der Waals surface area contributed by atoms with Crippen LogP contribution in [0.1, 0.15) is 5.56 Å². The van der Waals surface area contributed by atoms with E-state index in [4.69, 9.17) is 14.7 Å². The number of halogens is 2. The topological polar surface area (TPSA) is 128 Å². The Bertz CT molecular complexity index is 1040. The number of benzene rings is 2. The van der Waals surface area contributed by atoms with E-state index in [1.165, 1.54) is 24.5 Å². The third kappa shape index (κ3) is 5.02. The van der Waals surface area contributed by atoms with E-state index < -0.39 is 5.82 Å². The standard InChI is InChI=1S/C18H16BrFN6O3/c1-28-12-5-2-10(3-6-12)23-18(21)24-17-13(9-29-26-17)16(25-27)22-11-4-7-15(20)14(19)8-11/h2-9,27H,1H3,(H,22,25)(H3,21,23,24,26). The van der Waals surface area contributed by atoms with E-state index >= 15 is 0 Å². The van der Waals surface area contributed by atoms with Crippen molar-refractivity contribution in [2.24, 2.45) is 5.16 Å². The molecular formula is C18H16BrFN6O3. The van der Waals surface area contributed by atoms with E-state index in [-0.39, 0.29) is 27.6 Å². The van der Waals surface area contributed by atoms with Gasteiger partial charge in [-0.15, -0.1) is 0 Å². The van der Waals surface area contributed by atoms with Gasteiger partial charge >= 0.3 is 0 Å². The van der Waals surface area contributed by atoms with E-state index in [0.29, 0.717) is 17.1 Å². The zero-order valence-corrected chi connectivity index (χ0v) is 16.6. The second kappa shape index (κ2) is 9.06. The van der Waals surface area contributed by atoms with Gasteiger partial charge in [0.1, 0.15) is 23.4 Å². The third-order valence-corrected chi connectivity index (χ3v) is 4.32. The van der Waals surface area contributed by atoms with Crippen molar-refractivity contribution in [2.45, 2.75) is 0 Å². The number of hydrogen-bond donors (Lipinski definition) is 5. The minimum absolute atomic E-state index is 0.00972. The van der Waals surface area contributed by atoms with Gasteiger partial charge in [0.25, 0.3) is 0 Å². The first-order valence-electron chi connectivity index (χ1n) is 8.15. The number of nitrogens with zero attached hydrogens (tertiary/aromatic N) is 2. The van der Waals surface area contributed by atoms with Crippen LogP contribution in [0.3, 0.4) is 0 Å². The maximum atomic E-state index is 13.4. The van der Waals surface area contributed by atoms with Gasteiger partial charge in [-0.3, -0.25) is 5.41 Å². The number of oxime groups is 1. The summed E-state index contributed by atoms with van der Waals surface area (Å²) in [4.78, 5) is 0. The summed E-state index contributed by atoms with van der Waals surface area (Å²) in [5.74, 6) is 0.300. The molecule has 1 heterocycles. The largest absolute Gasteiger partial charge is 0.497 e. The molecule has 0 spiro atoms. The van der Waals surface area contributed by atoms with Gasteiger partial charge in [-0.25, -0.2) is 4.39 Å². The number of guanidine groups is 1. The molecule has 9 nitrogen and oxygen atoms in total. The molecule has 0 radical (unpaired) electrons. The lowest BCUT2D eigenvalue weighted by Crippen LogP contribution is -2.23. The molecule has 2 aromatic carbocycles. The van der Waals surface area contributed by atoms with Crippen molar-refractivity contribution in [3.8, 4) is 5.75 Å². The molecule has 0 saturated carbocycles. The SMILES string of the molecule is COc1ccc(NC(=N)Nc2nocc2/C(=N/O)Nc2ccc(F)c(Br)c2)cc1. The fourth-order valence-corrected chi connectivity index (χ4v) is 2.70. The van der Waals surface area contributed by atoms with Crippen LogP contribution in [-0.2, 0) is 0 Å². The average Bonchev–Trinajstić information content (AvgIpc) is 3.17. The minimum Gasteiger partial charge on any atom is -0.497 e. The smallest absolute Gasteiger partial charge is 0.198 e. The van der Waals surface area contributed by atoms with Crippen LogP contribution in [0.15, 0.2) is 62.9 Å². The highest BCUT2D eigenvalue weighted by Crippen LogP contribution is 2.22. The van der Waals surface area contributed by atoms with Crippen LogP contribution in [0.25, 0.3) is 0 Å². The van der Waals surface area contributed by atoms with E-state index in [0.717, 1.165) is 0 Å². The Balaban J connectivity index is 1.71. The van der Waals surface area contributed by atoms with Crippen LogP contribution in [0, 0.1) is 11.2 Å². The molecule has 3 rings (SSSR count). The molecule has 0 unspecified atom stereocenters. The molecule has 0 atom stereocenters. The van der Waals surface area contributed by atoms with Crippen molar-refractivity contribution >= 4 is 44.9 Å². The zero-order valence-electron chi connectivity index (χ0n) is 15.0. The lowest BCUT2D eigenvalue weighted by molar-refractivity contribution is 0.319. The Morgan fingerprint density at radius 3 is 2.55 bits per heavy atom. The van der Waals surface area contributed by atoms with Crippen molar-refractivity contribution < 1.29 is 18.9 Å². The van der Waals surface area contributed by atoms with Gasteiger partial charge in [-0.1, -0.05) is 10.3 Å². The molecule has 0 bridgehead atoms. The summed E-state index contributed by atoms with van der Waals surface area (Å²) < 4.78 is 23.7. The molecule has 0 amide bonds. The van der Waals surface area contributed by atoms with Gasteiger partial charge in [-0.05, 0) is 58.4 Å². The molecule has 0 saturated heterocycles. The maximum absolute atomic E-state index is 13.4. The van der Waals surface area contributed by atoms with E-state index in [1.54, 1.807) is 31.4 Å². The Labute approximate surface area is 173 Å². The van der Waals surface area contributed by atoms with Crippen molar-refractivity contribution in [1.29, 1.82) is 5.41 Å². The number of anilines is 3. The summed E-state index contributed by atoms with van der Waals surface area (Å²) in [5.41, 5.74) is 1.37. The van der Waals surface area contributed by atoms with E-state index in [9.17, 15) is 9.60 Å². The van der Waals surface area contributed by atoms with Crippen molar-refractivity contribution in [1.82, 2.24) is 5.16 Å². The molecule has 0 fully saturated rings. The average molecular weight is 463 g/mol. The predicted molar refractivity (Wildman–Crippen MR) is 111 cm³/mol. The zero-order chi connectivity index (χ0) is 20.8. The number of aromatic nitrogens is 1. The van der Waals surface area contributed by atoms with Crippen LogP contribution in [0.2, 0.25) is 0 Å². The summed E-state index contributed by atoms with van der Waals surface area (Å²) in [6.45, 7) is 0. The number of methoxy groups -OCH3 is 1. The Hall–Kier alpha value is -3.60. The van der Waals surface area contributed by atoms with Crippen molar-refractivity contribution in [2.75, 3.05) is 23.1 Å². The lowest BCUT2D eigenvalue weighted by atomic mass is 10.2. The van der Waals surface area contributed by atoms with Crippen molar-refractivity contribution in [3.05, 3.63) is 64.6 Å². The van der Waals surface area contributed by atoms with Crippen LogP contribution in [-0.4, -0.2) is 29.3 Å². The highest BCUT2D eigenvalue weighted by Gasteiger charge is 2.17. The van der Waals surface area contributed by atoms with Crippen LogP contribution >= 0.6 is 15.9 Å². The quantitative estimate of drug-likeness (QED) is 0.165. The fourth-order valence-electron chi connectivity index (χ4n) is 2.32. The van der Waals surface area contributed by atoms with Gasteiger partial charge < -0.3 is 30.4 Å². The first-order chi connectivity index (χ1) is 14.0. The Morgan fingerprint density at radius 1 is 1.17 bits per heavy atom. The molecule has 0 aliphatic carbocycles. The number of hydrogen-bond acceptors (Lipinski definition) is 6. The van der Waals surface area contributed by atoms with Crippen molar-refractivity contribution in [3.63, 3.8) is 0 Å². The first kappa shape index (κ1) is 20.1. The second-order valence-corrected chi connectivity index (χ2v) is 6.49. The molecule has 5 N–H and O–H groups in total. The van der Waals surface area contributed by atoms with E-state index in [1.807, 2.05) is 0 Å². The first-order valence-corrected chi connectivity index (χ1v) is 8.95. The predicted octanol–water partition coefficient (Wildman–Crippen LogP) is 4.29. The molecule has 0 aliphatic heterocycles. The summed E-state index contributed by atoms with van der Waals surface area (Å²) in [6, 6.07) is 11.2. The molecule has 1 aromatic heterocycles. The number of rotatable bonds is 5. The number of ether oxygens (including phenoxy) is 1. The fraction of sp³-hybridized carbons (Fsp3) is 0.0556. The number of nitrogens with one attached hydrogen (secondary N) is 4. The van der Waals surface area contributed by atoms with Crippen LogP contribution in [0.5, 0.6) is 5.75 Å². The van der Waals surface area contributed by atoms with Gasteiger partial charge in [0.15, 0.2) is 17.6 Å². The third-order valence-electron chi connectivity index (χ3n) is 3.71. The highest BCUT2D eigenvalue weighted by atomic mass is 79.9. The monoisotopic (exact) mass is 462 g/mol. The molecule has 0 aliphatic rings. The van der Waals surface area contributed by atoms with E-state index in [2.05, 4.69) is 42.2 Å². The molecule has 150 valence electrons. The summed E-state index contributed by atoms with van der Waals surface area (Å²) in [6.07, 6.45) is 1.24. The normalized spacial score (nSPS) is 11.1. The minimum atomic E-state index is -0.427. The Kier molecular flexibility index (Phi) is 6.29. The number of amidine groups is 1. The Morgan fingerprint density at radius 2 is 1.90 bits per heavy atom. The molecular weight excluding hydrogens is 447 g/mol. The maximum Gasteiger partial charge on any atom is 0.198 e. The van der Waals surface area contributed by atoms with Gasteiger partial charge in [0.2, 0.25) is 0 Å². The molecule has 29 heavy (non-hydrogen) atoms. The highest BCUT2D eigenvalue weighted by molar-refractivity contribution is 9.10. The summed E-state index contributed by atoms with van der Waals surface area (Å²) in [5, 5.41) is 32.8. The van der Waals surface area contributed by atoms with Gasteiger partial charge in [0.05, 0.1) is 11.6 Å². The molecule has 3 aromatic rings. The van der Waals surface area contributed by atoms with Gasteiger partial charge in [0, 0.05) is 11.4 Å². The van der Waals surface area contributed by atoms with Crippen LogP contribution < -0.4 is 20.7 Å².